The fourth-order valence-electron chi connectivity index (χ4n) is 1.72. The summed E-state index contributed by atoms with van der Waals surface area (Å²) in [6.07, 6.45) is 0.851. The lowest BCUT2D eigenvalue weighted by atomic mass is 10.1. The maximum absolute atomic E-state index is 12.0. The summed E-state index contributed by atoms with van der Waals surface area (Å²) in [4.78, 5) is 13.2. The van der Waals surface area contributed by atoms with Crippen LogP contribution in [0.25, 0.3) is 0 Å². The Kier molecular flexibility index (Phi) is 6.06. The molecule has 0 aliphatic carbocycles. The molecule has 4 heteroatoms. The second-order valence-electron chi connectivity index (χ2n) is 4.17. The lowest BCUT2D eigenvalue weighted by Gasteiger charge is -2.13. The van der Waals surface area contributed by atoms with E-state index < -0.39 is 0 Å². The van der Waals surface area contributed by atoms with E-state index in [0.29, 0.717) is 10.6 Å². The van der Waals surface area contributed by atoms with Gasteiger partial charge in [0, 0.05) is 27.9 Å². The first-order chi connectivity index (χ1) is 8.65. The molecule has 1 aromatic heterocycles. The zero-order valence-electron chi connectivity index (χ0n) is 10.0. The largest absolute Gasteiger partial charge is 0.349 e. The van der Waals surface area contributed by atoms with E-state index >= 15 is 0 Å². The highest BCUT2D eigenvalue weighted by Gasteiger charge is 2.10. The normalized spacial score (nSPS) is 11.5. The Labute approximate surface area is 123 Å². The summed E-state index contributed by atoms with van der Waals surface area (Å²) >= 11 is 7.57. The van der Waals surface area contributed by atoms with Crippen LogP contribution in [-0.4, -0.2) is 11.9 Å². The molecule has 102 valence electrons. The van der Waals surface area contributed by atoms with Gasteiger partial charge in [0.2, 0.25) is 0 Å². The van der Waals surface area contributed by atoms with E-state index in [0.717, 1.165) is 6.42 Å². The minimum atomic E-state index is -0.0819. The van der Waals surface area contributed by atoms with E-state index in [1.54, 1.807) is 35.6 Å². The molecule has 0 aliphatic rings. The summed E-state index contributed by atoms with van der Waals surface area (Å²) in [7, 11) is 0. The monoisotopic (exact) mass is 295 g/mol. The van der Waals surface area contributed by atoms with Gasteiger partial charge in [-0.3, -0.25) is 4.79 Å². The second kappa shape index (κ2) is 7.31. The second-order valence-corrected chi connectivity index (χ2v) is 5.64. The zero-order chi connectivity index (χ0) is 13.0. The van der Waals surface area contributed by atoms with Crippen molar-refractivity contribution in [2.75, 3.05) is 0 Å². The predicted molar refractivity (Wildman–Crippen MR) is 83.1 cm³/mol. The number of carbonyl (C=O) groups excluding carboxylic acids is 1. The van der Waals surface area contributed by atoms with Gasteiger partial charge in [-0.2, -0.15) is 0 Å². The van der Waals surface area contributed by atoms with Gasteiger partial charge in [-0.1, -0.05) is 31.2 Å². The number of thiophene rings is 1. The van der Waals surface area contributed by atoms with Crippen LogP contribution < -0.4 is 5.32 Å². The number of hydrogen-bond donors (Lipinski definition) is 1. The van der Waals surface area contributed by atoms with Gasteiger partial charge < -0.3 is 5.32 Å². The van der Waals surface area contributed by atoms with Crippen LogP contribution in [-0.2, 0) is 6.42 Å². The molecule has 0 aliphatic heterocycles. The van der Waals surface area contributed by atoms with E-state index in [1.807, 2.05) is 18.4 Å². The molecular formula is C15H18ClNOS. The Morgan fingerprint density at radius 1 is 1.37 bits per heavy atom. The summed E-state index contributed by atoms with van der Waals surface area (Å²) < 4.78 is 0. The SMILES string of the molecule is C.C[C@H](Cc1cccs1)NC(=O)c1cccc(Cl)c1. The molecule has 1 N–H and O–H groups in total. The number of halogens is 1. The Morgan fingerprint density at radius 2 is 2.16 bits per heavy atom. The van der Waals surface area contributed by atoms with Crippen molar-refractivity contribution in [1.82, 2.24) is 5.32 Å². The molecule has 1 heterocycles. The number of hydrogen-bond acceptors (Lipinski definition) is 2. The van der Waals surface area contributed by atoms with Crippen LogP contribution >= 0.6 is 22.9 Å². The average molecular weight is 296 g/mol. The third-order valence-corrected chi connectivity index (χ3v) is 3.69. The number of amides is 1. The van der Waals surface area contributed by atoms with Crippen molar-refractivity contribution < 1.29 is 4.79 Å². The van der Waals surface area contributed by atoms with Gasteiger partial charge in [0.1, 0.15) is 0 Å². The van der Waals surface area contributed by atoms with Gasteiger partial charge >= 0.3 is 0 Å². The Bertz CT molecular complexity index is 525. The molecule has 2 aromatic rings. The van der Waals surface area contributed by atoms with E-state index in [4.69, 9.17) is 11.6 Å². The smallest absolute Gasteiger partial charge is 0.251 e. The first-order valence-corrected chi connectivity index (χ1v) is 7.00. The number of carbonyl (C=O) groups is 1. The molecule has 1 atom stereocenters. The Balaban J connectivity index is 0.00000180. The fraction of sp³-hybridized carbons (Fsp3) is 0.267. The Hall–Kier alpha value is -1.32. The van der Waals surface area contributed by atoms with Gasteiger partial charge in [0.15, 0.2) is 0 Å². The van der Waals surface area contributed by atoms with Gasteiger partial charge in [0.05, 0.1) is 0 Å². The van der Waals surface area contributed by atoms with Gasteiger partial charge in [-0.05, 0) is 36.6 Å². The number of benzene rings is 1. The van der Waals surface area contributed by atoms with Crippen molar-refractivity contribution in [3.8, 4) is 0 Å². The van der Waals surface area contributed by atoms with Crippen LogP contribution in [0.5, 0.6) is 0 Å². The molecule has 2 nitrogen and oxygen atoms in total. The van der Waals surface area contributed by atoms with Crippen LogP contribution in [0.4, 0.5) is 0 Å². The maximum Gasteiger partial charge on any atom is 0.251 e. The van der Waals surface area contributed by atoms with E-state index in [9.17, 15) is 4.79 Å². The highest BCUT2D eigenvalue weighted by atomic mass is 35.5. The van der Waals surface area contributed by atoms with Crippen LogP contribution in [0.1, 0.15) is 29.6 Å². The summed E-state index contributed by atoms with van der Waals surface area (Å²) in [5, 5.41) is 5.59. The molecule has 0 spiro atoms. The van der Waals surface area contributed by atoms with E-state index in [-0.39, 0.29) is 19.4 Å². The summed E-state index contributed by atoms with van der Waals surface area (Å²) in [6, 6.07) is 11.2. The average Bonchev–Trinajstić information content (AvgIpc) is 2.81. The molecular weight excluding hydrogens is 278 g/mol. The van der Waals surface area contributed by atoms with Gasteiger partial charge in [-0.15, -0.1) is 11.3 Å². The first kappa shape index (κ1) is 15.7. The van der Waals surface area contributed by atoms with Crippen molar-refractivity contribution in [2.24, 2.45) is 0 Å². The summed E-state index contributed by atoms with van der Waals surface area (Å²) in [6.45, 7) is 2.00. The lowest BCUT2D eigenvalue weighted by molar-refractivity contribution is 0.0940. The van der Waals surface area contributed by atoms with Crippen LogP contribution in [0.2, 0.25) is 5.02 Å². The lowest BCUT2D eigenvalue weighted by Crippen LogP contribution is -2.33. The highest BCUT2D eigenvalue weighted by Crippen LogP contribution is 2.13. The molecule has 0 bridgehead atoms. The third-order valence-electron chi connectivity index (χ3n) is 2.55. The summed E-state index contributed by atoms with van der Waals surface area (Å²) in [5.41, 5.74) is 0.598. The zero-order valence-corrected chi connectivity index (χ0v) is 11.6. The van der Waals surface area contributed by atoms with Crippen LogP contribution in [0, 0.1) is 0 Å². The molecule has 0 saturated carbocycles. The van der Waals surface area contributed by atoms with E-state index in [1.165, 1.54) is 4.88 Å². The van der Waals surface area contributed by atoms with Gasteiger partial charge in [-0.25, -0.2) is 0 Å². The standard InChI is InChI=1S/C14H14ClNOS.CH4/c1-10(8-13-6-3-7-18-13)16-14(17)11-4-2-5-12(15)9-11;/h2-7,9-10H,8H2,1H3,(H,16,17);1H4/t10-;/m1./s1. The highest BCUT2D eigenvalue weighted by molar-refractivity contribution is 7.09. The first-order valence-electron chi connectivity index (χ1n) is 5.74. The minimum Gasteiger partial charge on any atom is -0.349 e. The minimum absolute atomic E-state index is 0. The quantitative estimate of drug-likeness (QED) is 0.890. The van der Waals surface area contributed by atoms with Crippen molar-refractivity contribution in [3.05, 3.63) is 57.2 Å². The molecule has 0 unspecified atom stereocenters. The molecule has 1 amide bonds. The number of rotatable bonds is 4. The third kappa shape index (κ3) is 4.69. The molecule has 1 aromatic carbocycles. The van der Waals surface area contributed by atoms with Gasteiger partial charge in [0.25, 0.3) is 5.91 Å². The van der Waals surface area contributed by atoms with Crippen LogP contribution in [0.3, 0.4) is 0 Å². The van der Waals surface area contributed by atoms with E-state index in [2.05, 4.69) is 11.4 Å². The van der Waals surface area contributed by atoms with Crippen molar-refractivity contribution in [2.45, 2.75) is 26.8 Å². The maximum atomic E-state index is 12.0. The van der Waals surface area contributed by atoms with Crippen molar-refractivity contribution >= 4 is 28.8 Å². The topological polar surface area (TPSA) is 29.1 Å². The van der Waals surface area contributed by atoms with Crippen molar-refractivity contribution in [1.29, 1.82) is 0 Å². The molecule has 0 saturated heterocycles. The molecule has 19 heavy (non-hydrogen) atoms. The molecule has 2 rings (SSSR count). The number of nitrogens with one attached hydrogen (secondary N) is 1. The fourth-order valence-corrected chi connectivity index (χ4v) is 2.74. The molecule has 0 radical (unpaired) electrons. The van der Waals surface area contributed by atoms with Crippen molar-refractivity contribution in [3.63, 3.8) is 0 Å². The predicted octanol–water partition coefficient (Wildman–Crippen LogP) is 4.40. The van der Waals surface area contributed by atoms with Crippen LogP contribution in [0.15, 0.2) is 41.8 Å². The molecule has 0 fully saturated rings. The Morgan fingerprint density at radius 3 is 2.79 bits per heavy atom. The summed E-state index contributed by atoms with van der Waals surface area (Å²) in [5.74, 6) is -0.0819.